The zero-order valence-electron chi connectivity index (χ0n) is 9.94. The molecule has 0 heterocycles. The van der Waals surface area contributed by atoms with Crippen LogP contribution < -0.4 is 0 Å². The van der Waals surface area contributed by atoms with Crippen LogP contribution in [0.15, 0.2) is 0 Å². The van der Waals surface area contributed by atoms with Gasteiger partial charge in [-0.2, -0.15) is 0 Å². The van der Waals surface area contributed by atoms with Gasteiger partial charge in [-0.05, 0) is 13.8 Å². The number of ether oxygens (including phenoxy) is 2. The van der Waals surface area contributed by atoms with Gasteiger partial charge in [0.15, 0.2) is 0 Å². The molecular formula is C10H20O7. The van der Waals surface area contributed by atoms with Crippen LogP contribution in [0.1, 0.15) is 20.3 Å². The minimum atomic E-state index is -1.50. The van der Waals surface area contributed by atoms with Crippen LogP contribution in [0.2, 0.25) is 0 Å². The van der Waals surface area contributed by atoms with Gasteiger partial charge in [-0.25, -0.2) is 4.79 Å². The largest absolute Gasteiger partial charge is 0.506 e. The van der Waals surface area contributed by atoms with E-state index in [1.165, 1.54) is 13.8 Å². The Kier molecular flexibility index (Phi) is 7.81. The fourth-order valence-electron chi connectivity index (χ4n) is 1.20. The van der Waals surface area contributed by atoms with Crippen LogP contribution in [0, 0.1) is 0 Å². The standard InChI is InChI=1S/C10H20O7/c1-6(12)5-16-8(4-11)3-9(7(2)13)17-10(14)15/h6-9,11-13H,3-5H2,1-2H3,(H,14,15). The Balaban J connectivity index is 4.23. The summed E-state index contributed by atoms with van der Waals surface area (Å²) in [7, 11) is 0. The van der Waals surface area contributed by atoms with E-state index in [4.69, 9.17) is 20.1 Å². The second-order valence-corrected chi connectivity index (χ2v) is 3.89. The van der Waals surface area contributed by atoms with Crippen LogP contribution in [0.4, 0.5) is 4.79 Å². The first-order valence-electron chi connectivity index (χ1n) is 5.35. The molecule has 4 unspecified atom stereocenters. The van der Waals surface area contributed by atoms with Crippen LogP contribution in [-0.2, 0) is 9.47 Å². The molecule has 0 amide bonds. The summed E-state index contributed by atoms with van der Waals surface area (Å²) in [5, 5.41) is 35.8. The maximum atomic E-state index is 10.4. The van der Waals surface area contributed by atoms with Gasteiger partial charge in [-0.15, -0.1) is 0 Å². The summed E-state index contributed by atoms with van der Waals surface area (Å²) in [6.45, 7) is 2.58. The molecule has 0 aliphatic rings. The van der Waals surface area contributed by atoms with E-state index in [1.54, 1.807) is 0 Å². The van der Waals surface area contributed by atoms with Gasteiger partial charge in [0.1, 0.15) is 6.10 Å². The number of aliphatic hydroxyl groups is 3. The molecule has 4 N–H and O–H groups in total. The maximum absolute atomic E-state index is 10.4. The lowest BCUT2D eigenvalue weighted by Gasteiger charge is -2.24. The Morgan fingerprint density at radius 1 is 1.29 bits per heavy atom. The Morgan fingerprint density at radius 2 is 1.88 bits per heavy atom. The molecule has 0 spiro atoms. The fourth-order valence-corrected chi connectivity index (χ4v) is 1.20. The molecule has 102 valence electrons. The third-order valence-electron chi connectivity index (χ3n) is 2.06. The van der Waals surface area contributed by atoms with Gasteiger partial charge in [0.25, 0.3) is 0 Å². The third kappa shape index (κ3) is 7.92. The summed E-state index contributed by atoms with van der Waals surface area (Å²) in [6.07, 6.45) is -4.83. The molecule has 0 saturated heterocycles. The summed E-state index contributed by atoms with van der Waals surface area (Å²) in [4.78, 5) is 10.4. The third-order valence-corrected chi connectivity index (χ3v) is 2.06. The van der Waals surface area contributed by atoms with E-state index in [2.05, 4.69) is 4.74 Å². The van der Waals surface area contributed by atoms with Crippen molar-refractivity contribution in [3.05, 3.63) is 0 Å². The predicted octanol–water partition coefficient (Wildman–Crippen LogP) is -0.421. The highest BCUT2D eigenvalue weighted by atomic mass is 16.7. The smallest absolute Gasteiger partial charge is 0.450 e. The van der Waals surface area contributed by atoms with E-state index in [-0.39, 0.29) is 19.6 Å². The van der Waals surface area contributed by atoms with Crippen molar-refractivity contribution in [2.45, 2.75) is 44.7 Å². The minimum absolute atomic E-state index is 0.0187. The summed E-state index contributed by atoms with van der Waals surface area (Å²) in [5.41, 5.74) is 0. The highest BCUT2D eigenvalue weighted by Gasteiger charge is 2.24. The van der Waals surface area contributed by atoms with Gasteiger partial charge in [-0.1, -0.05) is 0 Å². The van der Waals surface area contributed by atoms with Gasteiger partial charge >= 0.3 is 6.16 Å². The molecule has 0 fully saturated rings. The lowest BCUT2D eigenvalue weighted by atomic mass is 10.1. The van der Waals surface area contributed by atoms with Crippen LogP contribution >= 0.6 is 0 Å². The van der Waals surface area contributed by atoms with Crippen molar-refractivity contribution in [3.8, 4) is 0 Å². The van der Waals surface area contributed by atoms with Crippen molar-refractivity contribution in [3.63, 3.8) is 0 Å². The van der Waals surface area contributed by atoms with E-state index in [0.29, 0.717) is 0 Å². The quantitative estimate of drug-likeness (QED) is 0.433. The molecule has 0 radical (unpaired) electrons. The zero-order chi connectivity index (χ0) is 13.4. The summed E-state index contributed by atoms with van der Waals surface area (Å²) in [5.74, 6) is 0. The summed E-state index contributed by atoms with van der Waals surface area (Å²) >= 11 is 0. The first-order chi connectivity index (χ1) is 7.86. The van der Waals surface area contributed by atoms with Crippen molar-refractivity contribution < 1.29 is 34.7 Å². The Bertz CT molecular complexity index is 217. The molecule has 7 nitrogen and oxygen atoms in total. The molecule has 0 aromatic carbocycles. The van der Waals surface area contributed by atoms with Gasteiger partial charge in [0.2, 0.25) is 0 Å². The van der Waals surface area contributed by atoms with E-state index in [9.17, 15) is 9.90 Å². The maximum Gasteiger partial charge on any atom is 0.506 e. The van der Waals surface area contributed by atoms with Crippen molar-refractivity contribution >= 4 is 6.16 Å². The van der Waals surface area contributed by atoms with Crippen LogP contribution in [0.5, 0.6) is 0 Å². The van der Waals surface area contributed by atoms with Crippen molar-refractivity contribution in [2.24, 2.45) is 0 Å². The Labute approximate surface area is 99.6 Å². The van der Waals surface area contributed by atoms with Crippen molar-refractivity contribution in [2.75, 3.05) is 13.2 Å². The Hall–Kier alpha value is -0.890. The molecule has 0 aliphatic carbocycles. The molecule has 0 rings (SSSR count). The van der Waals surface area contributed by atoms with E-state index >= 15 is 0 Å². The highest BCUT2D eigenvalue weighted by molar-refractivity contribution is 5.57. The Morgan fingerprint density at radius 3 is 2.24 bits per heavy atom. The van der Waals surface area contributed by atoms with Crippen LogP contribution in [0.25, 0.3) is 0 Å². The predicted molar refractivity (Wildman–Crippen MR) is 57.7 cm³/mol. The number of aliphatic hydroxyl groups excluding tert-OH is 3. The molecule has 4 atom stereocenters. The number of rotatable bonds is 8. The van der Waals surface area contributed by atoms with Gasteiger partial charge in [-0.3, -0.25) is 0 Å². The zero-order valence-corrected chi connectivity index (χ0v) is 9.94. The number of carboxylic acid groups (broad SMARTS) is 1. The molecule has 0 aromatic heterocycles. The normalized spacial score (nSPS) is 18.2. The van der Waals surface area contributed by atoms with E-state index in [0.717, 1.165) is 0 Å². The molecule has 17 heavy (non-hydrogen) atoms. The number of hydrogen-bond acceptors (Lipinski definition) is 6. The number of hydrogen-bond donors (Lipinski definition) is 4. The highest BCUT2D eigenvalue weighted by Crippen LogP contribution is 2.11. The van der Waals surface area contributed by atoms with Crippen LogP contribution in [0.3, 0.4) is 0 Å². The second-order valence-electron chi connectivity index (χ2n) is 3.89. The monoisotopic (exact) mass is 252 g/mol. The molecule has 0 aromatic rings. The molecule has 0 saturated carbocycles. The van der Waals surface area contributed by atoms with Gasteiger partial charge in [0.05, 0.1) is 31.5 Å². The lowest BCUT2D eigenvalue weighted by Crippen LogP contribution is -2.35. The van der Waals surface area contributed by atoms with E-state index < -0.39 is 30.6 Å². The summed E-state index contributed by atoms with van der Waals surface area (Å²) in [6, 6.07) is 0. The summed E-state index contributed by atoms with van der Waals surface area (Å²) < 4.78 is 9.59. The van der Waals surface area contributed by atoms with E-state index in [1.807, 2.05) is 0 Å². The minimum Gasteiger partial charge on any atom is -0.450 e. The van der Waals surface area contributed by atoms with Gasteiger partial charge < -0.3 is 29.9 Å². The SMILES string of the molecule is CC(O)COC(CO)CC(OC(=O)O)C(C)O. The fraction of sp³-hybridized carbons (Fsp3) is 0.900. The number of carbonyl (C=O) groups is 1. The molecule has 0 aliphatic heterocycles. The first-order valence-corrected chi connectivity index (χ1v) is 5.35. The van der Waals surface area contributed by atoms with Crippen LogP contribution in [-0.4, -0.2) is 64.2 Å². The van der Waals surface area contributed by atoms with Crippen molar-refractivity contribution in [1.29, 1.82) is 0 Å². The second kappa shape index (κ2) is 8.24. The molecular weight excluding hydrogens is 232 g/mol. The van der Waals surface area contributed by atoms with Crippen molar-refractivity contribution in [1.82, 2.24) is 0 Å². The van der Waals surface area contributed by atoms with Gasteiger partial charge in [0, 0.05) is 6.42 Å². The first kappa shape index (κ1) is 16.1. The topological polar surface area (TPSA) is 116 Å². The lowest BCUT2D eigenvalue weighted by molar-refractivity contribution is -0.0742. The average molecular weight is 252 g/mol. The molecule has 0 bridgehead atoms. The molecule has 7 heteroatoms. The average Bonchev–Trinajstić information content (AvgIpc) is 2.21.